The minimum Gasteiger partial charge on any atom is -0.489 e. The van der Waals surface area contributed by atoms with Crippen LogP contribution in [0.25, 0.3) is 0 Å². The van der Waals surface area contributed by atoms with Crippen LogP contribution in [0.2, 0.25) is 0 Å². The van der Waals surface area contributed by atoms with Gasteiger partial charge in [0.15, 0.2) is 11.5 Å². The second-order valence-corrected chi connectivity index (χ2v) is 2.81. The molecule has 0 radical (unpaired) electrons. The number of carbonyl (C=O) groups is 1. The van der Waals surface area contributed by atoms with Gasteiger partial charge in [0.2, 0.25) is 5.43 Å². The fourth-order valence-corrected chi connectivity index (χ4v) is 1.15. The number of hydrogen-bond donors (Lipinski definition) is 0. The highest BCUT2D eigenvalue weighted by molar-refractivity contribution is 5.96. The Hall–Kier alpha value is -1.64. The van der Waals surface area contributed by atoms with Crippen molar-refractivity contribution < 1.29 is 9.53 Å². The zero-order valence-electron chi connectivity index (χ0n) is 8.24. The van der Waals surface area contributed by atoms with Gasteiger partial charge >= 0.3 is 0 Å². The smallest absolute Gasteiger partial charge is 0.221 e. The van der Waals surface area contributed by atoms with Crippen molar-refractivity contribution in [2.24, 2.45) is 0 Å². The third-order valence-electron chi connectivity index (χ3n) is 1.76. The van der Waals surface area contributed by atoms with E-state index >= 15 is 0 Å². The Kier molecular flexibility index (Phi) is 3.40. The van der Waals surface area contributed by atoms with E-state index in [9.17, 15) is 9.59 Å². The summed E-state index contributed by atoms with van der Waals surface area (Å²) in [5, 5.41) is 0. The summed E-state index contributed by atoms with van der Waals surface area (Å²) in [5.74, 6) is -0.0215. The molecule has 0 saturated carbocycles. The Morgan fingerprint density at radius 3 is 2.57 bits per heavy atom. The van der Waals surface area contributed by atoms with E-state index in [4.69, 9.17) is 4.74 Å². The summed E-state index contributed by atoms with van der Waals surface area (Å²) < 4.78 is 5.16. The molecule has 0 N–H and O–H groups in total. The summed E-state index contributed by atoms with van der Waals surface area (Å²) in [6.45, 7) is 3.56. The van der Waals surface area contributed by atoms with Crippen LogP contribution in [-0.4, -0.2) is 12.4 Å². The van der Waals surface area contributed by atoms with E-state index in [-0.39, 0.29) is 17.0 Å². The largest absolute Gasteiger partial charge is 0.489 e. The summed E-state index contributed by atoms with van der Waals surface area (Å²) in [5.41, 5.74) is 0.0731. The van der Waals surface area contributed by atoms with Crippen LogP contribution in [0.3, 0.4) is 0 Å². The second-order valence-electron chi connectivity index (χ2n) is 2.81. The van der Waals surface area contributed by atoms with Crippen molar-refractivity contribution in [3.63, 3.8) is 0 Å². The van der Waals surface area contributed by atoms with Crippen LogP contribution in [-0.2, 0) is 0 Å². The monoisotopic (exact) mass is 192 g/mol. The lowest BCUT2D eigenvalue weighted by Gasteiger charge is -2.02. The molecule has 0 unspecified atom stereocenters. The van der Waals surface area contributed by atoms with Gasteiger partial charge in [-0.1, -0.05) is 12.1 Å². The van der Waals surface area contributed by atoms with Crippen molar-refractivity contribution in [3.05, 3.63) is 40.1 Å². The van der Waals surface area contributed by atoms with Gasteiger partial charge in [0.1, 0.15) is 0 Å². The van der Waals surface area contributed by atoms with E-state index in [1.165, 1.54) is 13.0 Å². The van der Waals surface area contributed by atoms with E-state index in [1.807, 2.05) is 0 Å². The van der Waals surface area contributed by atoms with E-state index in [0.29, 0.717) is 12.2 Å². The third-order valence-corrected chi connectivity index (χ3v) is 1.76. The van der Waals surface area contributed by atoms with Crippen molar-refractivity contribution in [3.8, 4) is 5.75 Å². The van der Waals surface area contributed by atoms with Crippen LogP contribution in [0.5, 0.6) is 5.75 Å². The highest BCUT2D eigenvalue weighted by Gasteiger charge is 2.09. The molecule has 1 aromatic carbocycles. The molecule has 0 fully saturated rings. The number of ketones is 1. The lowest BCUT2D eigenvalue weighted by Crippen LogP contribution is -2.08. The maximum atomic E-state index is 11.5. The zero-order chi connectivity index (χ0) is 10.6. The molecule has 1 aromatic rings. The van der Waals surface area contributed by atoms with Gasteiger partial charge in [-0.3, -0.25) is 9.59 Å². The molecule has 0 atom stereocenters. The molecule has 0 amide bonds. The second kappa shape index (κ2) is 4.56. The van der Waals surface area contributed by atoms with Gasteiger partial charge in [-0.15, -0.1) is 0 Å². The van der Waals surface area contributed by atoms with Gasteiger partial charge in [-0.25, -0.2) is 0 Å². The first-order valence-corrected chi connectivity index (χ1v) is 4.44. The Labute approximate surface area is 82.3 Å². The topological polar surface area (TPSA) is 43.4 Å². The molecule has 3 nitrogen and oxygen atoms in total. The van der Waals surface area contributed by atoms with Gasteiger partial charge in [-0.05, 0) is 26.0 Å². The van der Waals surface area contributed by atoms with Crippen LogP contribution >= 0.6 is 0 Å². The zero-order valence-corrected chi connectivity index (χ0v) is 8.24. The highest BCUT2D eigenvalue weighted by Crippen LogP contribution is 2.12. The first kappa shape index (κ1) is 10.4. The van der Waals surface area contributed by atoms with Crippen molar-refractivity contribution in [2.75, 3.05) is 6.61 Å². The van der Waals surface area contributed by atoms with Gasteiger partial charge < -0.3 is 4.74 Å². The summed E-state index contributed by atoms with van der Waals surface area (Å²) in [6.07, 6.45) is 0. The van der Waals surface area contributed by atoms with Gasteiger partial charge in [0.05, 0.1) is 12.2 Å². The number of ether oxygens (including phenoxy) is 1. The lowest BCUT2D eigenvalue weighted by atomic mass is 10.2. The van der Waals surface area contributed by atoms with Gasteiger partial charge in [-0.2, -0.15) is 0 Å². The first-order valence-electron chi connectivity index (χ1n) is 4.44. The molecule has 3 heteroatoms. The molecule has 0 aliphatic rings. The van der Waals surface area contributed by atoms with E-state index < -0.39 is 0 Å². The number of rotatable bonds is 3. The molecule has 0 bridgehead atoms. The number of hydrogen-bond acceptors (Lipinski definition) is 3. The molecule has 0 aliphatic heterocycles. The quantitative estimate of drug-likeness (QED) is 0.684. The van der Waals surface area contributed by atoms with E-state index in [0.717, 1.165) is 0 Å². The van der Waals surface area contributed by atoms with Crippen molar-refractivity contribution >= 4 is 5.78 Å². The average Bonchev–Trinajstić information content (AvgIpc) is 2.30. The minimum atomic E-state index is -0.262. The molecule has 1 rings (SSSR count). The maximum Gasteiger partial charge on any atom is 0.221 e. The SMILES string of the molecule is CCOc1c(C(C)=O)ccccc1=O. The molecule has 74 valence electrons. The fraction of sp³-hybridized carbons (Fsp3) is 0.273. The molecule has 0 aromatic heterocycles. The highest BCUT2D eigenvalue weighted by atomic mass is 16.5. The molecule has 14 heavy (non-hydrogen) atoms. The summed E-state index contributed by atoms with van der Waals surface area (Å²) in [6, 6.07) is 6.23. The van der Waals surface area contributed by atoms with Crippen molar-refractivity contribution in [2.45, 2.75) is 13.8 Å². The van der Waals surface area contributed by atoms with Gasteiger partial charge in [0.25, 0.3) is 0 Å². The van der Waals surface area contributed by atoms with Crippen LogP contribution in [0.4, 0.5) is 0 Å². The standard InChI is InChI=1S/C11H12O3/c1-3-14-11-9(8(2)12)6-4-5-7-10(11)13/h4-7H,3H2,1-2H3. The van der Waals surface area contributed by atoms with Gasteiger partial charge in [0, 0.05) is 0 Å². The Morgan fingerprint density at radius 1 is 1.36 bits per heavy atom. The Balaban J connectivity index is 3.41. The van der Waals surface area contributed by atoms with E-state index in [1.54, 1.807) is 25.1 Å². The molecule has 0 spiro atoms. The fourth-order valence-electron chi connectivity index (χ4n) is 1.15. The maximum absolute atomic E-state index is 11.5. The Bertz CT molecular complexity index is 396. The number of Topliss-reactive ketones (excluding diaryl/α,β-unsaturated/α-hetero) is 1. The number of carbonyl (C=O) groups excluding carboxylic acids is 1. The predicted molar refractivity (Wildman–Crippen MR) is 53.9 cm³/mol. The first-order chi connectivity index (χ1) is 6.66. The Morgan fingerprint density at radius 2 is 2.00 bits per heavy atom. The summed E-state index contributed by atoms with van der Waals surface area (Å²) in [7, 11) is 0. The summed E-state index contributed by atoms with van der Waals surface area (Å²) >= 11 is 0. The third kappa shape index (κ3) is 2.19. The van der Waals surface area contributed by atoms with Crippen LogP contribution in [0, 0.1) is 0 Å². The van der Waals surface area contributed by atoms with Crippen molar-refractivity contribution in [1.82, 2.24) is 0 Å². The van der Waals surface area contributed by atoms with Crippen molar-refractivity contribution in [1.29, 1.82) is 0 Å². The average molecular weight is 192 g/mol. The molecule has 0 saturated heterocycles. The normalized spacial score (nSPS) is 9.57. The van der Waals surface area contributed by atoms with Crippen LogP contribution in [0.15, 0.2) is 29.1 Å². The summed E-state index contributed by atoms with van der Waals surface area (Å²) in [4.78, 5) is 22.7. The van der Waals surface area contributed by atoms with E-state index in [2.05, 4.69) is 0 Å². The molecule has 0 aliphatic carbocycles. The predicted octanol–water partition coefficient (Wildman–Crippen LogP) is 1.65. The lowest BCUT2D eigenvalue weighted by molar-refractivity contribution is 0.101. The molecular weight excluding hydrogens is 180 g/mol. The van der Waals surface area contributed by atoms with Crippen LogP contribution < -0.4 is 10.2 Å². The minimum absolute atomic E-state index is 0.144. The molecule has 0 heterocycles. The van der Waals surface area contributed by atoms with Crippen LogP contribution in [0.1, 0.15) is 24.2 Å². The molecular formula is C11H12O3.